The predicted octanol–water partition coefficient (Wildman–Crippen LogP) is 7.63. The molecular weight excluding hydrogens is 586 g/mol. The Bertz CT molecular complexity index is 1380. The molecule has 6 rings (SSSR count). The number of nitrogens with one attached hydrogen (secondary N) is 1. The van der Waals surface area contributed by atoms with Crippen LogP contribution in [0.25, 0.3) is 0 Å². The maximum absolute atomic E-state index is 13.6. The molecule has 5 atom stereocenters. The highest BCUT2D eigenvalue weighted by Crippen LogP contribution is 2.58. The van der Waals surface area contributed by atoms with Crippen LogP contribution in [-0.2, 0) is 0 Å². The number of hydrogen-bond donors (Lipinski definition) is 1. The van der Waals surface area contributed by atoms with Crippen LogP contribution in [0.1, 0.15) is 52.7 Å². The third-order valence-corrected chi connectivity index (χ3v) is 10.7. The summed E-state index contributed by atoms with van der Waals surface area (Å²) in [7, 11) is 0. The number of nitro benzene ring substituents is 1. The number of hydrogen-bond acceptors (Lipinski definition) is 5. The number of carbonyl (C=O) groups excluding carboxylic acids is 1. The van der Waals surface area contributed by atoms with Crippen LogP contribution in [0.15, 0.2) is 76.1 Å². The summed E-state index contributed by atoms with van der Waals surface area (Å²) < 4.78 is 1.00. The highest BCUT2D eigenvalue weighted by Gasteiger charge is 2.51. The van der Waals surface area contributed by atoms with E-state index >= 15 is 0 Å². The van der Waals surface area contributed by atoms with Gasteiger partial charge in [-0.25, -0.2) is 0 Å². The van der Waals surface area contributed by atoms with Crippen LogP contribution >= 0.6 is 39.3 Å². The van der Waals surface area contributed by atoms with Crippen LogP contribution < -0.4 is 5.32 Å². The Kier molecular flexibility index (Phi) is 7.14. The standard InChI is InChI=1S/C29H27BrClN3O3S/c30-18-12-10-17(11-13-18)27-21-16-24(38-23-9-2-1-8-22(23)34(36)37)26(31)25(21)19-6-5-7-20(28(19)32-27)29(35)33-14-3-4-15-33/h1-2,5-13,21,24-27,32H,3-4,14-16H2/t21-,24+,25+,26-,27-/m1/s1. The van der Waals surface area contributed by atoms with Crippen LogP contribution in [-0.4, -0.2) is 39.4 Å². The fourth-order valence-corrected chi connectivity index (χ4v) is 8.49. The van der Waals surface area contributed by atoms with Gasteiger partial charge in [-0.05, 0) is 60.6 Å². The lowest BCUT2D eigenvalue weighted by molar-refractivity contribution is -0.387. The van der Waals surface area contributed by atoms with Gasteiger partial charge in [0, 0.05) is 34.8 Å². The number of benzene rings is 3. The molecule has 1 amide bonds. The lowest BCUT2D eigenvalue weighted by Gasteiger charge is -2.39. The second kappa shape index (κ2) is 10.5. The molecule has 3 aromatic carbocycles. The third kappa shape index (κ3) is 4.61. The maximum atomic E-state index is 13.6. The number of alkyl halides is 1. The number of nitro groups is 1. The summed E-state index contributed by atoms with van der Waals surface area (Å²) >= 11 is 12.3. The monoisotopic (exact) mass is 611 g/mol. The van der Waals surface area contributed by atoms with E-state index in [4.69, 9.17) is 11.6 Å². The van der Waals surface area contributed by atoms with Crippen molar-refractivity contribution in [3.8, 4) is 0 Å². The van der Waals surface area contributed by atoms with Crippen molar-refractivity contribution in [2.75, 3.05) is 18.4 Å². The number of amides is 1. The van der Waals surface area contributed by atoms with Gasteiger partial charge in [-0.3, -0.25) is 14.9 Å². The second-order valence-corrected chi connectivity index (χ2v) is 12.9. The van der Waals surface area contributed by atoms with Gasteiger partial charge in [-0.1, -0.05) is 52.3 Å². The topological polar surface area (TPSA) is 75.5 Å². The minimum atomic E-state index is -0.328. The smallest absolute Gasteiger partial charge is 0.282 e. The molecule has 2 fully saturated rings. The average Bonchev–Trinajstić information content (AvgIpc) is 3.57. The predicted molar refractivity (Wildman–Crippen MR) is 155 cm³/mol. The molecule has 38 heavy (non-hydrogen) atoms. The lowest BCUT2D eigenvalue weighted by atomic mass is 9.76. The summed E-state index contributed by atoms with van der Waals surface area (Å²) in [5.74, 6) is 0.242. The summed E-state index contributed by atoms with van der Waals surface area (Å²) in [6.45, 7) is 1.58. The zero-order valence-electron chi connectivity index (χ0n) is 20.6. The molecule has 3 aliphatic rings. The van der Waals surface area contributed by atoms with Gasteiger partial charge in [0.2, 0.25) is 0 Å². The molecule has 0 unspecified atom stereocenters. The molecule has 1 aliphatic carbocycles. The van der Waals surface area contributed by atoms with Gasteiger partial charge in [0.05, 0.1) is 32.5 Å². The summed E-state index contributed by atoms with van der Waals surface area (Å²) in [5, 5.41) is 15.2. The van der Waals surface area contributed by atoms with Gasteiger partial charge in [0.25, 0.3) is 11.6 Å². The molecule has 1 saturated heterocycles. The fraction of sp³-hybridized carbons (Fsp3) is 0.345. The minimum absolute atomic E-state index is 0.00756. The van der Waals surface area contributed by atoms with Gasteiger partial charge in [-0.2, -0.15) is 0 Å². The molecule has 1 N–H and O–H groups in total. The van der Waals surface area contributed by atoms with Gasteiger partial charge in [0.1, 0.15) is 0 Å². The van der Waals surface area contributed by atoms with E-state index in [1.165, 1.54) is 11.8 Å². The molecule has 2 aliphatic heterocycles. The number of halogens is 2. The molecule has 0 radical (unpaired) electrons. The lowest BCUT2D eigenvalue weighted by Crippen LogP contribution is -2.34. The Balaban J connectivity index is 1.41. The van der Waals surface area contributed by atoms with E-state index in [2.05, 4.69) is 39.4 Å². The second-order valence-electron chi connectivity index (χ2n) is 10.2. The van der Waals surface area contributed by atoms with E-state index in [1.807, 2.05) is 35.2 Å². The van der Waals surface area contributed by atoms with Crippen molar-refractivity contribution in [3.63, 3.8) is 0 Å². The molecule has 0 spiro atoms. The first-order valence-corrected chi connectivity index (χ1v) is 15.0. The van der Waals surface area contributed by atoms with Crippen molar-refractivity contribution in [1.29, 1.82) is 0 Å². The molecule has 6 nitrogen and oxygen atoms in total. The molecule has 9 heteroatoms. The normalized spacial score (nSPS) is 25.9. The van der Waals surface area contributed by atoms with Gasteiger partial charge in [0.15, 0.2) is 0 Å². The summed E-state index contributed by atoms with van der Waals surface area (Å²) in [6.07, 6.45) is 2.87. The molecule has 3 aromatic rings. The Labute approximate surface area is 239 Å². The van der Waals surface area contributed by atoms with Crippen molar-refractivity contribution >= 4 is 56.6 Å². The van der Waals surface area contributed by atoms with Crippen molar-refractivity contribution in [2.24, 2.45) is 5.92 Å². The number of fused-ring (bicyclic) bond motifs is 3. The van der Waals surface area contributed by atoms with Gasteiger partial charge >= 0.3 is 0 Å². The Hall–Kier alpha value is -2.55. The summed E-state index contributed by atoms with van der Waals surface area (Å²) in [6, 6.07) is 21.1. The summed E-state index contributed by atoms with van der Waals surface area (Å²) in [4.78, 5) is 27.5. The van der Waals surface area contributed by atoms with Crippen LogP contribution in [0.4, 0.5) is 11.4 Å². The van der Waals surface area contributed by atoms with E-state index in [0.717, 1.165) is 53.6 Å². The molecule has 0 bridgehead atoms. The largest absolute Gasteiger partial charge is 0.377 e. The Morgan fingerprint density at radius 1 is 1.05 bits per heavy atom. The SMILES string of the molecule is O=C(c1cccc2c1N[C@H](c1ccc(Br)cc1)[C@@H]1C[C@H](Sc3ccccc3[N+](=O)[O-])[C@@H](Cl)[C@@H]21)N1CCCC1. The van der Waals surface area contributed by atoms with E-state index in [-0.39, 0.29) is 45.0 Å². The Morgan fingerprint density at radius 3 is 2.53 bits per heavy atom. The zero-order chi connectivity index (χ0) is 26.4. The number of likely N-dealkylation sites (tertiary alicyclic amines) is 1. The molecule has 196 valence electrons. The van der Waals surface area contributed by atoms with E-state index in [9.17, 15) is 14.9 Å². The quantitative estimate of drug-likeness (QED) is 0.182. The van der Waals surface area contributed by atoms with E-state index in [1.54, 1.807) is 18.2 Å². The highest BCUT2D eigenvalue weighted by atomic mass is 79.9. The fourth-order valence-electron chi connectivity index (χ4n) is 6.28. The first kappa shape index (κ1) is 25.7. The first-order valence-electron chi connectivity index (χ1n) is 12.9. The van der Waals surface area contributed by atoms with E-state index in [0.29, 0.717) is 10.5 Å². The van der Waals surface area contributed by atoms with Crippen molar-refractivity contribution < 1.29 is 9.72 Å². The maximum Gasteiger partial charge on any atom is 0.282 e. The van der Waals surface area contributed by atoms with Crippen molar-refractivity contribution in [2.45, 2.75) is 46.7 Å². The van der Waals surface area contributed by atoms with Crippen LogP contribution in [0, 0.1) is 16.0 Å². The number of thioether (sulfide) groups is 1. The first-order chi connectivity index (χ1) is 18.4. The highest BCUT2D eigenvalue weighted by molar-refractivity contribution is 9.10. The van der Waals surface area contributed by atoms with Crippen LogP contribution in [0.5, 0.6) is 0 Å². The van der Waals surface area contributed by atoms with Crippen molar-refractivity contribution in [1.82, 2.24) is 4.90 Å². The molecule has 1 saturated carbocycles. The minimum Gasteiger partial charge on any atom is -0.377 e. The number of nitrogens with zero attached hydrogens (tertiary/aromatic N) is 2. The van der Waals surface area contributed by atoms with Gasteiger partial charge < -0.3 is 10.2 Å². The Morgan fingerprint density at radius 2 is 1.79 bits per heavy atom. The average molecular weight is 613 g/mol. The van der Waals surface area contributed by atoms with Crippen LogP contribution in [0.3, 0.4) is 0 Å². The van der Waals surface area contributed by atoms with Gasteiger partial charge in [-0.15, -0.1) is 23.4 Å². The number of para-hydroxylation sites is 2. The van der Waals surface area contributed by atoms with E-state index < -0.39 is 0 Å². The third-order valence-electron chi connectivity index (χ3n) is 8.04. The molecule has 2 heterocycles. The number of rotatable bonds is 5. The van der Waals surface area contributed by atoms with Crippen molar-refractivity contribution in [3.05, 3.63) is 98.0 Å². The van der Waals surface area contributed by atoms with Crippen LogP contribution in [0.2, 0.25) is 0 Å². The molecule has 0 aromatic heterocycles. The summed E-state index contributed by atoms with van der Waals surface area (Å²) in [5.41, 5.74) is 3.89. The number of carbonyl (C=O) groups is 1. The zero-order valence-corrected chi connectivity index (χ0v) is 23.7. The molecular formula is C29H27BrClN3O3S. The number of anilines is 1.